The van der Waals surface area contributed by atoms with E-state index in [4.69, 9.17) is 11.6 Å². The molecule has 1 amide bonds. The number of hydrogen-bond acceptors (Lipinski definition) is 4. The fourth-order valence-corrected chi connectivity index (χ4v) is 3.93. The third-order valence-corrected chi connectivity index (χ3v) is 5.54. The molecule has 0 aromatic heterocycles. The summed E-state index contributed by atoms with van der Waals surface area (Å²) in [4.78, 5) is 14.4. The second-order valence-corrected chi connectivity index (χ2v) is 8.02. The maximum atomic E-state index is 12.6. The molecule has 1 heterocycles. The van der Waals surface area contributed by atoms with Crippen LogP contribution in [0.3, 0.4) is 0 Å². The summed E-state index contributed by atoms with van der Waals surface area (Å²) in [7, 11) is -3.81. The molecule has 0 saturated heterocycles. The van der Waals surface area contributed by atoms with E-state index in [1.807, 2.05) is 13.8 Å². The summed E-state index contributed by atoms with van der Waals surface area (Å²) < 4.78 is 28.2. The molecule has 2 aromatic rings. The van der Waals surface area contributed by atoms with E-state index in [9.17, 15) is 13.2 Å². The van der Waals surface area contributed by atoms with Crippen molar-refractivity contribution in [2.24, 2.45) is 4.40 Å². The monoisotopic (exact) mass is 391 g/mol. The predicted molar refractivity (Wildman–Crippen MR) is 104 cm³/mol. The maximum absolute atomic E-state index is 12.6. The van der Waals surface area contributed by atoms with Crippen molar-refractivity contribution in [3.63, 3.8) is 0 Å². The number of amides is 1. The molecule has 0 unspecified atom stereocenters. The van der Waals surface area contributed by atoms with Gasteiger partial charge < -0.3 is 10.2 Å². The molecule has 0 fully saturated rings. The van der Waals surface area contributed by atoms with Gasteiger partial charge in [-0.05, 0) is 49.2 Å². The molecular weight excluding hydrogens is 374 g/mol. The molecule has 26 heavy (non-hydrogen) atoms. The van der Waals surface area contributed by atoms with E-state index in [1.54, 1.807) is 35.2 Å². The Morgan fingerprint density at radius 1 is 1.23 bits per heavy atom. The van der Waals surface area contributed by atoms with Crippen LogP contribution < -0.4 is 10.2 Å². The zero-order valence-corrected chi connectivity index (χ0v) is 15.9. The Morgan fingerprint density at radius 2 is 2.00 bits per heavy atom. The van der Waals surface area contributed by atoms with Crippen LogP contribution in [0.25, 0.3) is 0 Å². The zero-order valence-electron chi connectivity index (χ0n) is 14.4. The standard InChI is InChI=1S/C18H18ClN3O3S/c1-3-8-22-11-20-26(24,25)17-9-13(5-7-16(17)22)18(23)21-15-10-14(19)6-4-12(15)2/h4-7,9-11H,3,8H2,1-2H3,(H,21,23). The number of anilines is 2. The number of nitrogens with one attached hydrogen (secondary N) is 1. The van der Waals surface area contributed by atoms with Gasteiger partial charge in [-0.25, -0.2) is 0 Å². The Morgan fingerprint density at radius 3 is 2.73 bits per heavy atom. The zero-order chi connectivity index (χ0) is 18.9. The topological polar surface area (TPSA) is 78.8 Å². The molecule has 6 nitrogen and oxygen atoms in total. The van der Waals surface area contributed by atoms with Crippen molar-refractivity contribution < 1.29 is 13.2 Å². The molecule has 0 aliphatic carbocycles. The van der Waals surface area contributed by atoms with E-state index in [0.29, 0.717) is 22.9 Å². The molecule has 0 spiro atoms. The van der Waals surface area contributed by atoms with Crippen molar-refractivity contribution in [1.29, 1.82) is 0 Å². The number of fused-ring (bicyclic) bond motifs is 1. The minimum atomic E-state index is -3.81. The summed E-state index contributed by atoms with van der Waals surface area (Å²) in [5, 5.41) is 3.27. The first kappa shape index (κ1) is 18.4. The number of aryl methyl sites for hydroxylation is 1. The fourth-order valence-electron chi connectivity index (χ4n) is 2.68. The van der Waals surface area contributed by atoms with E-state index < -0.39 is 15.9 Å². The lowest BCUT2D eigenvalue weighted by atomic mass is 10.1. The van der Waals surface area contributed by atoms with Crippen LogP contribution in [0, 0.1) is 6.92 Å². The van der Waals surface area contributed by atoms with Crippen LogP contribution in [-0.2, 0) is 10.0 Å². The van der Waals surface area contributed by atoms with E-state index in [-0.39, 0.29) is 10.5 Å². The Labute approximate surface area is 157 Å². The van der Waals surface area contributed by atoms with Gasteiger partial charge in [0.2, 0.25) is 0 Å². The first-order chi connectivity index (χ1) is 12.3. The van der Waals surface area contributed by atoms with Crippen molar-refractivity contribution in [2.75, 3.05) is 16.8 Å². The summed E-state index contributed by atoms with van der Waals surface area (Å²) >= 11 is 5.97. The molecule has 2 aromatic carbocycles. The molecule has 1 N–H and O–H groups in total. The number of carbonyl (C=O) groups excluding carboxylic acids is 1. The highest BCUT2D eigenvalue weighted by Crippen LogP contribution is 2.31. The molecule has 0 bridgehead atoms. The third kappa shape index (κ3) is 3.59. The predicted octanol–water partition coefficient (Wildman–Crippen LogP) is 3.85. The van der Waals surface area contributed by atoms with Crippen molar-refractivity contribution in [1.82, 2.24) is 0 Å². The summed E-state index contributed by atoms with van der Waals surface area (Å²) in [5.74, 6) is -0.412. The molecule has 0 saturated carbocycles. The van der Waals surface area contributed by atoms with Gasteiger partial charge in [-0.2, -0.15) is 8.42 Å². The quantitative estimate of drug-likeness (QED) is 0.858. The smallest absolute Gasteiger partial charge is 0.285 e. The second kappa shape index (κ2) is 7.09. The Hall–Kier alpha value is -2.38. The van der Waals surface area contributed by atoms with E-state index >= 15 is 0 Å². The average Bonchev–Trinajstić information content (AvgIpc) is 2.60. The summed E-state index contributed by atoms with van der Waals surface area (Å²) in [6, 6.07) is 9.78. The fraction of sp³-hybridized carbons (Fsp3) is 0.222. The van der Waals surface area contributed by atoms with Gasteiger partial charge in [-0.3, -0.25) is 4.79 Å². The molecular formula is C18H18ClN3O3S. The number of carbonyl (C=O) groups is 1. The first-order valence-electron chi connectivity index (χ1n) is 8.10. The highest BCUT2D eigenvalue weighted by molar-refractivity contribution is 7.90. The SMILES string of the molecule is CCCN1C=NS(=O)(=O)c2cc(C(=O)Nc3cc(Cl)ccc3C)ccc21. The molecule has 1 aliphatic heterocycles. The number of sulfonamides is 1. The van der Waals surface area contributed by atoms with Gasteiger partial charge in [-0.15, -0.1) is 4.40 Å². The maximum Gasteiger partial charge on any atom is 0.285 e. The van der Waals surface area contributed by atoms with Crippen LogP contribution in [0.2, 0.25) is 5.02 Å². The Balaban J connectivity index is 1.95. The Kier molecular flexibility index (Phi) is 5.02. The van der Waals surface area contributed by atoms with Crippen LogP contribution in [-0.4, -0.2) is 27.2 Å². The minimum Gasteiger partial charge on any atom is -0.331 e. The van der Waals surface area contributed by atoms with Gasteiger partial charge in [0.05, 0.1) is 5.69 Å². The molecule has 1 aliphatic rings. The number of hydrogen-bond donors (Lipinski definition) is 1. The van der Waals surface area contributed by atoms with Crippen molar-refractivity contribution in [3.8, 4) is 0 Å². The van der Waals surface area contributed by atoms with Gasteiger partial charge >= 0.3 is 0 Å². The lowest BCUT2D eigenvalue weighted by Crippen LogP contribution is -2.28. The Bertz CT molecular complexity index is 1000. The summed E-state index contributed by atoms with van der Waals surface area (Å²) in [6.07, 6.45) is 2.15. The second-order valence-electron chi connectivity index (χ2n) is 5.99. The van der Waals surface area contributed by atoms with Gasteiger partial charge in [0.25, 0.3) is 15.9 Å². The van der Waals surface area contributed by atoms with Crippen LogP contribution >= 0.6 is 11.6 Å². The number of rotatable bonds is 4. The van der Waals surface area contributed by atoms with Crippen LogP contribution in [0.5, 0.6) is 0 Å². The van der Waals surface area contributed by atoms with E-state index in [2.05, 4.69) is 9.71 Å². The number of benzene rings is 2. The van der Waals surface area contributed by atoms with Gasteiger partial charge in [0.1, 0.15) is 11.2 Å². The summed E-state index contributed by atoms with van der Waals surface area (Å²) in [6.45, 7) is 4.48. The van der Waals surface area contributed by atoms with Crippen molar-refractivity contribution in [2.45, 2.75) is 25.2 Å². The molecule has 0 atom stereocenters. The molecule has 8 heteroatoms. The normalized spacial score (nSPS) is 14.8. The van der Waals surface area contributed by atoms with Gasteiger partial charge in [-0.1, -0.05) is 24.6 Å². The van der Waals surface area contributed by atoms with Crippen molar-refractivity contribution >= 4 is 45.2 Å². The summed E-state index contributed by atoms with van der Waals surface area (Å²) in [5.41, 5.74) is 2.19. The largest absolute Gasteiger partial charge is 0.331 e. The van der Waals surface area contributed by atoms with Gasteiger partial charge in [0, 0.05) is 22.8 Å². The van der Waals surface area contributed by atoms with Crippen molar-refractivity contribution in [3.05, 3.63) is 52.5 Å². The number of halogens is 1. The number of nitrogens with zero attached hydrogens (tertiary/aromatic N) is 2. The molecule has 136 valence electrons. The van der Waals surface area contributed by atoms with Gasteiger partial charge in [0.15, 0.2) is 0 Å². The van der Waals surface area contributed by atoms with Crippen LogP contribution in [0.1, 0.15) is 29.3 Å². The lowest BCUT2D eigenvalue weighted by Gasteiger charge is -2.25. The lowest BCUT2D eigenvalue weighted by molar-refractivity contribution is 0.102. The molecule has 3 rings (SSSR count). The third-order valence-electron chi connectivity index (χ3n) is 4.05. The van der Waals surface area contributed by atoms with E-state index in [0.717, 1.165) is 12.0 Å². The highest BCUT2D eigenvalue weighted by atomic mass is 35.5. The van der Waals surface area contributed by atoms with E-state index in [1.165, 1.54) is 12.4 Å². The van der Waals surface area contributed by atoms with Crippen LogP contribution in [0.15, 0.2) is 45.7 Å². The van der Waals surface area contributed by atoms with Crippen LogP contribution in [0.4, 0.5) is 11.4 Å². The average molecular weight is 392 g/mol. The first-order valence-corrected chi connectivity index (χ1v) is 9.92. The minimum absolute atomic E-state index is 0.0314. The molecule has 0 radical (unpaired) electrons. The highest BCUT2D eigenvalue weighted by Gasteiger charge is 2.26.